The zero-order valence-electron chi connectivity index (χ0n) is 13.1. The minimum absolute atomic E-state index is 0.00980. The van der Waals surface area contributed by atoms with Gasteiger partial charge in [0.05, 0.1) is 18.1 Å². The normalized spacial score (nSPS) is 11.8. The molecule has 0 aliphatic carbocycles. The first kappa shape index (κ1) is 16.5. The second-order valence-electron chi connectivity index (χ2n) is 5.51. The van der Waals surface area contributed by atoms with Gasteiger partial charge in [-0.15, -0.1) is 0 Å². The van der Waals surface area contributed by atoms with Gasteiger partial charge in [0, 0.05) is 33.9 Å². The van der Waals surface area contributed by atoms with E-state index >= 15 is 0 Å². The molecule has 0 fully saturated rings. The molecule has 0 atom stereocenters. The van der Waals surface area contributed by atoms with Gasteiger partial charge in [0.15, 0.2) is 5.65 Å². The molecule has 3 aromatic heterocycles. The van der Waals surface area contributed by atoms with Crippen LogP contribution in [0.1, 0.15) is 16.1 Å². The first-order valence-corrected chi connectivity index (χ1v) is 8.65. The maximum absolute atomic E-state index is 12.9. The number of benzene rings is 1. The van der Waals surface area contributed by atoms with E-state index in [1.54, 1.807) is 47.4 Å². The van der Waals surface area contributed by atoms with Gasteiger partial charge in [-0.25, -0.2) is 9.97 Å². The zero-order valence-corrected chi connectivity index (χ0v) is 15.4. The first-order valence-electron chi connectivity index (χ1n) is 7.48. The molecule has 126 valence electrons. The average Bonchev–Trinajstić information content (AvgIpc) is 3.22. The van der Waals surface area contributed by atoms with E-state index in [4.69, 9.17) is 11.6 Å². The minimum atomic E-state index is -0.371. The van der Waals surface area contributed by atoms with Crippen LogP contribution in [-0.2, 0) is 0 Å². The quantitative estimate of drug-likeness (QED) is 0.298. The number of carbonyl (C=O) groups excluding carboxylic acids is 1. The van der Waals surface area contributed by atoms with Crippen molar-refractivity contribution in [1.29, 1.82) is 5.26 Å². The third-order valence-electron chi connectivity index (χ3n) is 3.94. The Hall–Kier alpha value is -2.95. The third kappa shape index (κ3) is 2.79. The SMILES string of the molecule is N#C/C(=C/c1cnc2cnc(Br)cn12)C(=O)c1c[nH]c2cc(Cl)ccc12. The van der Waals surface area contributed by atoms with Crippen molar-refractivity contribution in [2.45, 2.75) is 0 Å². The van der Waals surface area contributed by atoms with Crippen LogP contribution in [0.15, 0.2) is 53.2 Å². The van der Waals surface area contributed by atoms with Crippen molar-refractivity contribution >= 4 is 55.9 Å². The van der Waals surface area contributed by atoms with Crippen molar-refractivity contribution < 1.29 is 4.79 Å². The van der Waals surface area contributed by atoms with Crippen LogP contribution in [0, 0.1) is 11.3 Å². The van der Waals surface area contributed by atoms with Crippen LogP contribution >= 0.6 is 27.5 Å². The van der Waals surface area contributed by atoms with Gasteiger partial charge in [-0.1, -0.05) is 17.7 Å². The smallest absolute Gasteiger partial charge is 0.205 e. The minimum Gasteiger partial charge on any atom is -0.360 e. The number of nitrogens with one attached hydrogen (secondary N) is 1. The van der Waals surface area contributed by atoms with E-state index in [0.717, 1.165) is 5.52 Å². The highest BCUT2D eigenvalue weighted by atomic mass is 79.9. The number of imidazole rings is 1. The highest BCUT2D eigenvalue weighted by molar-refractivity contribution is 9.10. The number of hydrogen-bond donors (Lipinski definition) is 1. The van der Waals surface area contributed by atoms with E-state index in [0.29, 0.717) is 31.9 Å². The molecule has 0 aliphatic rings. The molecular weight excluding hydrogens is 418 g/mol. The van der Waals surface area contributed by atoms with E-state index in [1.807, 2.05) is 6.07 Å². The predicted octanol–water partition coefficient (Wildman–Crippen LogP) is 4.42. The van der Waals surface area contributed by atoms with E-state index in [2.05, 4.69) is 30.9 Å². The largest absolute Gasteiger partial charge is 0.360 e. The van der Waals surface area contributed by atoms with Crippen LogP contribution in [-0.4, -0.2) is 25.1 Å². The number of Topliss-reactive ketones (excluding diaryl/α,β-unsaturated/α-hetero) is 1. The number of allylic oxidation sites excluding steroid dienone is 1. The Morgan fingerprint density at radius 2 is 2.19 bits per heavy atom. The van der Waals surface area contributed by atoms with Gasteiger partial charge in [0.25, 0.3) is 0 Å². The van der Waals surface area contributed by atoms with Gasteiger partial charge in [-0.2, -0.15) is 5.26 Å². The number of rotatable bonds is 3. The molecule has 4 rings (SSSR count). The molecule has 0 bridgehead atoms. The van der Waals surface area contributed by atoms with Crippen molar-refractivity contribution in [2.75, 3.05) is 0 Å². The number of fused-ring (bicyclic) bond motifs is 2. The summed E-state index contributed by atoms with van der Waals surface area (Å²) in [5, 5.41) is 10.8. The van der Waals surface area contributed by atoms with Crippen molar-refractivity contribution in [3.8, 4) is 6.07 Å². The fourth-order valence-electron chi connectivity index (χ4n) is 2.72. The summed E-state index contributed by atoms with van der Waals surface area (Å²) in [6.07, 6.45) is 8.01. The summed E-state index contributed by atoms with van der Waals surface area (Å²) in [5.41, 5.74) is 2.39. The number of aromatic amines is 1. The first-order chi connectivity index (χ1) is 12.6. The number of H-pyrrole nitrogens is 1. The summed E-state index contributed by atoms with van der Waals surface area (Å²) in [7, 11) is 0. The Balaban J connectivity index is 1.80. The molecule has 0 aliphatic heterocycles. The average molecular weight is 427 g/mol. The van der Waals surface area contributed by atoms with Crippen LogP contribution in [0.25, 0.3) is 22.6 Å². The molecule has 3 heterocycles. The van der Waals surface area contributed by atoms with Gasteiger partial charge in [-0.3, -0.25) is 9.20 Å². The van der Waals surface area contributed by atoms with E-state index in [9.17, 15) is 10.1 Å². The number of hydrogen-bond acceptors (Lipinski definition) is 4. The number of nitriles is 1. The molecule has 8 heteroatoms. The van der Waals surface area contributed by atoms with Crippen LogP contribution in [0.4, 0.5) is 0 Å². The highest BCUT2D eigenvalue weighted by Gasteiger charge is 2.17. The molecule has 6 nitrogen and oxygen atoms in total. The summed E-state index contributed by atoms with van der Waals surface area (Å²) in [5.74, 6) is -0.371. The standard InChI is InChI=1S/C18H9BrClN5O/c19-16-9-25-12(6-24-17(25)8-23-16)3-10(5-21)18(26)14-7-22-15-4-11(20)1-2-13(14)15/h1-4,6-9,22H/b10-3-. The summed E-state index contributed by atoms with van der Waals surface area (Å²) in [4.78, 5) is 24.2. The van der Waals surface area contributed by atoms with Crippen LogP contribution in [0.2, 0.25) is 5.02 Å². The molecule has 0 amide bonds. The molecule has 0 radical (unpaired) electrons. The van der Waals surface area contributed by atoms with Gasteiger partial charge < -0.3 is 4.98 Å². The summed E-state index contributed by atoms with van der Waals surface area (Å²) < 4.78 is 2.37. The summed E-state index contributed by atoms with van der Waals surface area (Å²) in [6.45, 7) is 0. The lowest BCUT2D eigenvalue weighted by Crippen LogP contribution is -2.01. The summed E-state index contributed by atoms with van der Waals surface area (Å²) >= 11 is 9.27. The lowest BCUT2D eigenvalue weighted by Gasteiger charge is -2.00. The Morgan fingerprint density at radius 3 is 3.00 bits per heavy atom. The van der Waals surface area contributed by atoms with Crippen molar-refractivity contribution in [1.82, 2.24) is 19.4 Å². The number of aromatic nitrogens is 4. The Morgan fingerprint density at radius 1 is 1.35 bits per heavy atom. The molecule has 4 aromatic rings. The number of nitrogens with zero attached hydrogens (tertiary/aromatic N) is 4. The van der Waals surface area contributed by atoms with Crippen LogP contribution < -0.4 is 0 Å². The van der Waals surface area contributed by atoms with Crippen molar-refractivity contribution in [2.24, 2.45) is 0 Å². The van der Waals surface area contributed by atoms with E-state index in [1.165, 1.54) is 6.08 Å². The zero-order chi connectivity index (χ0) is 18.3. The second kappa shape index (κ2) is 6.41. The number of carbonyl (C=O) groups is 1. The molecule has 0 spiro atoms. The third-order valence-corrected chi connectivity index (χ3v) is 4.58. The van der Waals surface area contributed by atoms with E-state index in [-0.39, 0.29) is 11.4 Å². The predicted molar refractivity (Wildman–Crippen MR) is 102 cm³/mol. The highest BCUT2D eigenvalue weighted by Crippen LogP contribution is 2.24. The Labute approximate surface area is 160 Å². The molecule has 26 heavy (non-hydrogen) atoms. The topological polar surface area (TPSA) is 86.8 Å². The molecular formula is C18H9BrClN5O. The van der Waals surface area contributed by atoms with Gasteiger partial charge in [0.2, 0.25) is 5.78 Å². The monoisotopic (exact) mass is 425 g/mol. The molecule has 0 unspecified atom stereocenters. The van der Waals surface area contributed by atoms with Gasteiger partial charge >= 0.3 is 0 Å². The van der Waals surface area contributed by atoms with Crippen molar-refractivity contribution in [3.05, 3.63) is 69.4 Å². The fourth-order valence-corrected chi connectivity index (χ4v) is 3.20. The number of ketones is 1. The molecule has 1 aromatic carbocycles. The second-order valence-corrected chi connectivity index (χ2v) is 6.76. The molecule has 1 N–H and O–H groups in total. The fraction of sp³-hybridized carbons (Fsp3) is 0. The maximum Gasteiger partial charge on any atom is 0.205 e. The number of halogens is 2. The van der Waals surface area contributed by atoms with Crippen LogP contribution in [0.5, 0.6) is 0 Å². The Kier molecular flexibility index (Phi) is 4.07. The van der Waals surface area contributed by atoms with Gasteiger partial charge in [0.1, 0.15) is 16.2 Å². The van der Waals surface area contributed by atoms with Gasteiger partial charge in [-0.05, 0) is 34.1 Å². The molecule has 0 saturated heterocycles. The lowest BCUT2D eigenvalue weighted by molar-refractivity contribution is 0.104. The lowest BCUT2D eigenvalue weighted by atomic mass is 10.0. The van der Waals surface area contributed by atoms with Crippen molar-refractivity contribution in [3.63, 3.8) is 0 Å². The maximum atomic E-state index is 12.9. The molecule has 0 saturated carbocycles. The Bertz CT molecular complexity index is 1250. The van der Waals surface area contributed by atoms with Crippen LogP contribution in [0.3, 0.4) is 0 Å². The van der Waals surface area contributed by atoms with E-state index < -0.39 is 0 Å². The summed E-state index contributed by atoms with van der Waals surface area (Å²) in [6, 6.07) is 7.19.